The number of nitrogens with zero attached hydrogens (tertiary/aromatic N) is 1. The van der Waals surface area contributed by atoms with E-state index in [0.29, 0.717) is 41.6 Å². The highest BCUT2D eigenvalue weighted by Gasteiger charge is 2.19. The summed E-state index contributed by atoms with van der Waals surface area (Å²) < 4.78 is 4.95. The number of aromatic amines is 1. The minimum Gasteiger partial charge on any atom is -0.462 e. The van der Waals surface area contributed by atoms with Crippen LogP contribution in [0.2, 0.25) is 0 Å². The fraction of sp³-hybridized carbons (Fsp3) is 0.391. The van der Waals surface area contributed by atoms with Gasteiger partial charge in [0.05, 0.1) is 17.6 Å². The summed E-state index contributed by atoms with van der Waals surface area (Å²) in [6, 6.07) is 6.63. The number of anilines is 1. The van der Waals surface area contributed by atoms with Gasteiger partial charge in [-0.3, -0.25) is 9.59 Å². The Labute approximate surface area is 194 Å². The number of aryl methyl sites for hydroxylation is 2. The number of rotatable bonds is 8. The number of esters is 1. The van der Waals surface area contributed by atoms with Crippen LogP contribution in [0.25, 0.3) is 10.2 Å². The van der Waals surface area contributed by atoms with Gasteiger partial charge in [-0.2, -0.15) is 0 Å². The van der Waals surface area contributed by atoms with E-state index >= 15 is 0 Å². The van der Waals surface area contributed by atoms with E-state index < -0.39 is 0 Å². The van der Waals surface area contributed by atoms with Crippen LogP contribution in [0.4, 0.5) is 5.69 Å². The highest BCUT2D eigenvalue weighted by molar-refractivity contribution is 7.99. The average molecular weight is 472 g/mol. The summed E-state index contributed by atoms with van der Waals surface area (Å²) in [5.74, 6) is 0.196. The Morgan fingerprint density at radius 2 is 2.00 bits per heavy atom. The molecule has 0 atom stereocenters. The van der Waals surface area contributed by atoms with Gasteiger partial charge in [-0.05, 0) is 68.9 Å². The van der Waals surface area contributed by atoms with Crippen LogP contribution >= 0.6 is 23.1 Å². The summed E-state index contributed by atoms with van der Waals surface area (Å²) >= 11 is 3.10. The number of carbonyl (C=O) groups excluding carboxylic acids is 2. The first-order valence-electron chi connectivity index (χ1n) is 10.8. The van der Waals surface area contributed by atoms with Gasteiger partial charge in [0.2, 0.25) is 5.91 Å². The number of thiophene rings is 1. The topological polar surface area (TPSA) is 101 Å². The molecule has 0 bridgehead atoms. The van der Waals surface area contributed by atoms with Crippen LogP contribution in [0, 0.1) is 0 Å². The summed E-state index contributed by atoms with van der Waals surface area (Å²) in [7, 11) is 0. The highest BCUT2D eigenvalue weighted by Crippen LogP contribution is 2.34. The van der Waals surface area contributed by atoms with Crippen LogP contribution in [-0.2, 0) is 22.4 Å². The van der Waals surface area contributed by atoms with Crippen molar-refractivity contribution in [2.45, 2.75) is 50.6 Å². The molecule has 0 radical (unpaired) electrons. The molecule has 4 rings (SSSR count). The first-order chi connectivity index (χ1) is 15.5. The second-order valence-corrected chi connectivity index (χ2v) is 9.73. The third-order valence-corrected chi connectivity index (χ3v) is 7.42. The first-order valence-corrected chi connectivity index (χ1v) is 12.6. The summed E-state index contributed by atoms with van der Waals surface area (Å²) in [5.41, 5.74) is 2.22. The number of H-pyrrole nitrogens is 1. The Bertz CT molecular complexity index is 1180. The number of aromatic nitrogens is 2. The number of hydrogen-bond donors (Lipinski definition) is 2. The molecule has 1 aliphatic carbocycles. The van der Waals surface area contributed by atoms with Gasteiger partial charge in [0.15, 0.2) is 5.16 Å². The number of nitrogens with one attached hydrogen (secondary N) is 2. The average Bonchev–Trinajstić information content (AvgIpc) is 3.16. The molecule has 2 N–H and O–H groups in total. The number of fused-ring (bicyclic) bond motifs is 3. The number of carbonyl (C=O) groups is 2. The molecule has 0 spiro atoms. The van der Waals surface area contributed by atoms with Gasteiger partial charge in [-0.25, -0.2) is 9.78 Å². The van der Waals surface area contributed by atoms with Crippen LogP contribution in [0.15, 0.2) is 34.2 Å². The van der Waals surface area contributed by atoms with Gasteiger partial charge >= 0.3 is 5.97 Å². The molecule has 1 amide bonds. The molecule has 1 aliphatic rings. The maximum Gasteiger partial charge on any atom is 0.338 e. The van der Waals surface area contributed by atoms with E-state index in [1.807, 2.05) is 0 Å². The molecule has 7 nitrogen and oxygen atoms in total. The fourth-order valence-corrected chi connectivity index (χ4v) is 5.86. The lowest BCUT2D eigenvalue weighted by Crippen LogP contribution is -2.12. The molecule has 2 aromatic heterocycles. The lowest BCUT2D eigenvalue weighted by Gasteiger charge is -2.09. The van der Waals surface area contributed by atoms with Crippen molar-refractivity contribution in [3.8, 4) is 0 Å². The minimum absolute atomic E-state index is 0.0547. The summed E-state index contributed by atoms with van der Waals surface area (Å²) in [5, 5.41) is 4.20. The zero-order valence-corrected chi connectivity index (χ0v) is 19.5. The molecule has 168 valence electrons. The third-order valence-electron chi connectivity index (χ3n) is 5.27. The second-order valence-electron chi connectivity index (χ2n) is 7.56. The van der Waals surface area contributed by atoms with Crippen LogP contribution in [0.1, 0.15) is 53.4 Å². The molecule has 0 saturated heterocycles. The van der Waals surface area contributed by atoms with Crippen molar-refractivity contribution in [3.63, 3.8) is 0 Å². The second kappa shape index (κ2) is 10.3. The molecule has 9 heteroatoms. The van der Waals surface area contributed by atoms with Crippen LogP contribution in [0.5, 0.6) is 0 Å². The van der Waals surface area contributed by atoms with E-state index in [9.17, 15) is 14.4 Å². The van der Waals surface area contributed by atoms with Gasteiger partial charge in [-0.15, -0.1) is 11.3 Å². The summed E-state index contributed by atoms with van der Waals surface area (Å²) in [6.45, 7) is 2.08. The minimum atomic E-state index is -0.380. The molecule has 32 heavy (non-hydrogen) atoms. The third kappa shape index (κ3) is 5.21. The van der Waals surface area contributed by atoms with Crippen molar-refractivity contribution in [1.82, 2.24) is 9.97 Å². The molecule has 0 fully saturated rings. The Balaban J connectivity index is 1.27. The Morgan fingerprint density at radius 3 is 2.78 bits per heavy atom. The van der Waals surface area contributed by atoms with E-state index in [1.54, 1.807) is 42.5 Å². The van der Waals surface area contributed by atoms with Crippen LogP contribution < -0.4 is 10.9 Å². The largest absolute Gasteiger partial charge is 0.462 e. The fourth-order valence-electron chi connectivity index (χ4n) is 3.74. The quantitative estimate of drug-likeness (QED) is 0.216. The first kappa shape index (κ1) is 22.5. The van der Waals surface area contributed by atoms with E-state index in [4.69, 9.17) is 4.74 Å². The van der Waals surface area contributed by atoms with Gasteiger partial charge in [0.1, 0.15) is 4.83 Å². The SMILES string of the molecule is CCOC(=O)c1ccc(NC(=O)CCCSc2nc3sc4c(c3c(=O)[nH]2)CCCC4)cc1. The van der Waals surface area contributed by atoms with E-state index in [0.717, 1.165) is 29.5 Å². The van der Waals surface area contributed by atoms with Crippen molar-refractivity contribution in [2.24, 2.45) is 0 Å². The van der Waals surface area contributed by atoms with Crippen LogP contribution in [0.3, 0.4) is 0 Å². The molecular formula is C23H25N3O4S2. The molecule has 0 aliphatic heterocycles. The maximum absolute atomic E-state index is 12.6. The van der Waals surface area contributed by atoms with Gasteiger partial charge in [0, 0.05) is 22.7 Å². The van der Waals surface area contributed by atoms with Gasteiger partial charge in [-0.1, -0.05) is 11.8 Å². The molecule has 0 unspecified atom stereocenters. The smallest absolute Gasteiger partial charge is 0.338 e. The predicted octanol–water partition coefficient (Wildman–Crippen LogP) is 4.55. The normalized spacial score (nSPS) is 13.0. The standard InChI is InChI=1S/C23H25N3O4S2/c1-2-30-22(29)14-9-11-15(12-10-14)24-18(27)8-5-13-31-23-25-20(28)19-16-6-3-4-7-17(16)32-21(19)26-23/h9-12H,2-8,13H2,1H3,(H,24,27)(H,25,26,28). The molecule has 2 heterocycles. The maximum atomic E-state index is 12.6. The Morgan fingerprint density at radius 1 is 1.22 bits per heavy atom. The van der Waals surface area contributed by atoms with Gasteiger partial charge in [0.25, 0.3) is 5.56 Å². The molecular weight excluding hydrogens is 446 g/mol. The number of ether oxygens (including phenoxy) is 1. The Hall–Kier alpha value is -2.65. The van der Waals surface area contributed by atoms with Crippen molar-refractivity contribution in [1.29, 1.82) is 0 Å². The molecule has 3 aromatic rings. The van der Waals surface area contributed by atoms with Crippen molar-refractivity contribution in [3.05, 3.63) is 50.6 Å². The Kier molecular flexibility index (Phi) is 7.26. The zero-order valence-electron chi connectivity index (χ0n) is 17.9. The number of benzene rings is 1. The van der Waals surface area contributed by atoms with Crippen molar-refractivity contribution < 1.29 is 14.3 Å². The van der Waals surface area contributed by atoms with E-state index in [2.05, 4.69) is 15.3 Å². The molecule has 0 saturated carbocycles. The number of thioether (sulfide) groups is 1. The van der Waals surface area contributed by atoms with E-state index in [-0.39, 0.29) is 17.4 Å². The van der Waals surface area contributed by atoms with Crippen molar-refractivity contribution in [2.75, 3.05) is 17.7 Å². The van der Waals surface area contributed by atoms with Gasteiger partial charge < -0.3 is 15.0 Å². The lowest BCUT2D eigenvalue weighted by atomic mass is 9.97. The number of hydrogen-bond acceptors (Lipinski definition) is 7. The zero-order chi connectivity index (χ0) is 22.5. The summed E-state index contributed by atoms with van der Waals surface area (Å²) in [4.78, 5) is 46.1. The molecule has 1 aromatic carbocycles. The van der Waals surface area contributed by atoms with Crippen LogP contribution in [-0.4, -0.2) is 34.2 Å². The van der Waals surface area contributed by atoms with Crippen molar-refractivity contribution >= 4 is 50.9 Å². The monoisotopic (exact) mass is 471 g/mol. The predicted molar refractivity (Wildman–Crippen MR) is 128 cm³/mol. The summed E-state index contributed by atoms with van der Waals surface area (Å²) in [6.07, 6.45) is 5.32. The van der Waals surface area contributed by atoms with E-state index in [1.165, 1.54) is 28.6 Å². The number of amides is 1. The lowest BCUT2D eigenvalue weighted by molar-refractivity contribution is -0.116. The highest BCUT2D eigenvalue weighted by atomic mass is 32.2.